The van der Waals surface area contributed by atoms with Gasteiger partial charge in [-0.1, -0.05) is 53.1 Å². The molecular weight excluding hydrogens is 301 g/mol. The van der Waals surface area contributed by atoms with Crippen LogP contribution in [0.5, 0.6) is 0 Å². The van der Waals surface area contributed by atoms with Crippen molar-refractivity contribution in [2.75, 3.05) is 26.3 Å². The minimum absolute atomic E-state index is 0.852. The van der Waals surface area contributed by atoms with E-state index in [9.17, 15) is 0 Å². The molecule has 0 aromatic carbocycles. The largest absolute Gasteiger partial charge is 0.322 e. The Kier molecular flexibility index (Phi) is 10.1. The number of hydrogen-bond donors (Lipinski definition) is 0. The molecule has 0 saturated heterocycles. The van der Waals surface area contributed by atoms with Crippen molar-refractivity contribution in [3.8, 4) is 0 Å². The summed E-state index contributed by atoms with van der Waals surface area (Å²) in [6.45, 7) is 22.4. The van der Waals surface area contributed by atoms with E-state index >= 15 is 0 Å². The van der Waals surface area contributed by atoms with E-state index in [2.05, 4.69) is 57.8 Å². The highest BCUT2D eigenvalue weighted by Crippen LogP contribution is 2.43. The van der Waals surface area contributed by atoms with Crippen LogP contribution in [0.2, 0.25) is 51.4 Å². The zero-order valence-electron chi connectivity index (χ0n) is 15.0. The van der Waals surface area contributed by atoms with Gasteiger partial charge in [-0.05, 0) is 12.1 Å². The van der Waals surface area contributed by atoms with Crippen molar-refractivity contribution in [3.63, 3.8) is 0 Å². The van der Waals surface area contributed by atoms with Gasteiger partial charge in [-0.2, -0.15) is 0 Å². The van der Waals surface area contributed by atoms with Gasteiger partial charge >= 0.3 is 0 Å². The van der Waals surface area contributed by atoms with E-state index in [4.69, 9.17) is 9.05 Å². The van der Waals surface area contributed by atoms with Crippen molar-refractivity contribution >= 4 is 24.7 Å². The summed E-state index contributed by atoms with van der Waals surface area (Å²) in [6, 6.07) is 2.43. The molecule has 6 heteroatoms. The molecule has 0 bridgehead atoms. The highest BCUT2D eigenvalue weighted by molar-refractivity contribution is 7.44. The number of hydrogen-bond acceptors (Lipinski definition) is 3. The molecule has 0 fully saturated rings. The van der Waals surface area contributed by atoms with Crippen LogP contribution in [-0.4, -0.2) is 47.1 Å². The van der Waals surface area contributed by atoms with E-state index in [-0.39, 0.29) is 0 Å². The lowest BCUT2D eigenvalue weighted by Gasteiger charge is -2.29. The van der Waals surface area contributed by atoms with Gasteiger partial charge in [0.1, 0.15) is 0 Å². The first-order valence-corrected chi connectivity index (χ1v) is 16.4. The van der Waals surface area contributed by atoms with Crippen LogP contribution in [0.1, 0.15) is 13.8 Å². The molecule has 0 rings (SSSR count). The van der Waals surface area contributed by atoms with Crippen LogP contribution >= 0.6 is 8.53 Å². The number of rotatable bonds is 11. The summed E-state index contributed by atoms with van der Waals surface area (Å²) < 4.78 is 14.5. The van der Waals surface area contributed by atoms with Gasteiger partial charge in [-0.3, -0.25) is 0 Å². The lowest BCUT2D eigenvalue weighted by Crippen LogP contribution is -2.25. The van der Waals surface area contributed by atoms with Crippen LogP contribution < -0.4 is 0 Å². The molecular formula is C14H36NO2PSi2. The fourth-order valence-corrected chi connectivity index (χ4v) is 4.65. The van der Waals surface area contributed by atoms with Gasteiger partial charge in [0.25, 0.3) is 8.53 Å². The third kappa shape index (κ3) is 11.4. The zero-order chi connectivity index (χ0) is 15.8. The molecule has 122 valence electrons. The van der Waals surface area contributed by atoms with E-state index < -0.39 is 24.7 Å². The van der Waals surface area contributed by atoms with Crippen molar-refractivity contribution in [2.24, 2.45) is 0 Å². The van der Waals surface area contributed by atoms with Crippen LogP contribution in [0, 0.1) is 0 Å². The summed E-state index contributed by atoms with van der Waals surface area (Å²) in [5.74, 6) is 0. The molecule has 0 unspecified atom stereocenters. The fourth-order valence-electron chi connectivity index (χ4n) is 1.51. The van der Waals surface area contributed by atoms with Crippen molar-refractivity contribution < 1.29 is 9.05 Å². The standard InChI is InChI=1S/C14H36NO2PSi2/c1-9-15(10-2)18(16-11-13-19(3,4)5)17-12-14-20(6,7)8/h9-14H2,1-8H3. The molecule has 0 aromatic heterocycles. The molecule has 0 aliphatic rings. The first-order chi connectivity index (χ1) is 9.09. The lowest BCUT2D eigenvalue weighted by molar-refractivity contribution is 0.222. The van der Waals surface area contributed by atoms with Gasteiger partial charge in [-0.15, -0.1) is 0 Å². The first-order valence-electron chi connectivity index (χ1n) is 7.90. The fraction of sp³-hybridized carbons (Fsp3) is 1.00. The molecule has 3 nitrogen and oxygen atoms in total. The van der Waals surface area contributed by atoms with E-state index in [0.29, 0.717) is 0 Å². The summed E-state index contributed by atoms with van der Waals surface area (Å²) in [4.78, 5) is 0. The van der Waals surface area contributed by atoms with E-state index in [0.717, 1.165) is 26.3 Å². The molecule has 0 saturated carbocycles. The van der Waals surface area contributed by atoms with E-state index in [1.54, 1.807) is 0 Å². The van der Waals surface area contributed by atoms with Gasteiger partial charge in [0.2, 0.25) is 0 Å². The highest BCUT2D eigenvalue weighted by atomic mass is 31.2. The Hall–Kier alpha value is 0.744. The lowest BCUT2D eigenvalue weighted by atomic mass is 10.7. The maximum atomic E-state index is 6.10. The molecule has 0 radical (unpaired) electrons. The summed E-state index contributed by atoms with van der Waals surface area (Å²) in [7, 11) is -2.90. The third-order valence-corrected chi connectivity index (χ3v) is 8.31. The molecule has 0 aliphatic carbocycles. The molecule has 0 heterocycles. The molecule has 0 amide bonds. The van der Waals surface area contributed by atoms with Gasteiger partial charge < -0.3 is 9.05 Å². The highest BCUT2D eigenvalue weighted by Gasteiger charge is 2.22. The zero-order valence-corrected chi connectivity index (χ0v) is 17.8. The summed E-state index contributed by atoms with van der Waals surface area (Å²) in [6.07, 6.45) is 0. The Labute approximate surface area is 130 Å². The Bertz CT molecular complexity index is 231. The quantitative estimate of drug-likeness (QED) is 0.379. The monoisotopic (exact) mass is 337 g/mol. The van der Waals surface area contributed by atoms with Crippen molar-refractivity contribution in [1.29, 1.82) is 0 Å². The minimum atomic E-state index is -1.02. The van der Waals surface area contributed by atoms with Gasteiger partial charge in [0.05, 0.1) is 13.2 Å². The molecule has 0 N–H and O–H groups in total. The van der Waals surface area contributed by atoms with Crippen LogP contribution in [0.15, 0.2) is 0 Å². The molecule has 0 atom stereocenters. The van der Waals surface area contributed by atoms with Gasteiger partial charge in [0.15, 0.2) is 0 Å². The van der Waals surface area contributed by atoms with Crippen LogP contribution in [-0.2, 0) is 9.05 Å². The average molecular weight is 338 g/mol. The maximum absolute atomic E-state index is 6.10. The number of nitrogens with zero attached hydrogens (tertiary/aromatic N) is 1. The molecule has 0 spiro atoms. The first kappa shape index (κ1) is 20.7. The van der Waals surface area contributed by atoms with Crippen LogP contribution in [0.4, 0.5) is 0 Å². The van der Waals surface area contributed by atoms with Gasteiger partial charge in [-0.25, -0.2) is 4.67 Å². The Morgan fingerprint density at radius 3 is 1.35 bits per heavy atom. The predicted octanol–water partition coefficient (Wildman–Crippen LogP) is 5.26. The second-order valence-electron chi connectivity index (χ2n) is 7.66. The summed E-state index contributed by atoms with van der Waals surface area (Å²) in [5.41, 5.74) is 0. The normalized spacial score (nSPS) is 13.5. The maximum Gasteiger partial charge on any atom is 0.258 e. The molecule has 0 aromatic rings. The Morgan fingerprint density at radius 1 is 0.750 bits per heavy atom. The smallest absolute Gasteiger partial charge is 0.258 e. The van der Waals surface area contributed by atoms with Crippen molar-refractivity contribution in [3.05, 3.63) is 0 Å². The van der Waals surface area contributed by atoms with Crippen LogP contribution in [0.3, 0.4) is 0 Å². The Balaban J connectivity index is 4.27. The summed E-state index contributed by atoms with van der Waals surface area (Å²) >= 11 is 0. The second-order valence-corrected chi connectivity index (χ2v) is 20.5. The van der Waals surface area contributed by atoms with Gasteiger partial charge in [0, 0.05) is 29.2 Å². The average Bonchev–Trinajstić information content (AvgIpc) is 2.26. The van der Waals surface area contributed by atoms with Crippen molar-refractivity contribution in [2.45, 2.75) is 65.2 Å². The molecule has 0 aliphatic heterocycles. The SMILES string of the molecule is CCN(CC)P(OCC[Si](C)(C)C)OCC[Si](C)(C)C. The predicted molar refractivity (Wildman–Crippen MR) is 98.1 cm³/mol. The van der Waals surface area contributed by atoms with Crippen LogP contribution in [0.25, 0.3) is 0 Å². The van der Waals surface area contributed by atoms with Crippen molar-refractivity contribution in [1.82, 2.24) is 4.67 Å². The topological polar surface area (TPSA) is 21.7 Å². The summed E-state index contributed by atoms with van der Waals surface area (Å²) in [5, 5.41) is 0. The minimum Gasteiger partial charge on any atom is -0.322 e. The second kappa shape index (κ2) is 9.70. The molecule has 20 heavy (non-hydrogen) atoms. The Morgan fingerprint density at radius 2 is 1.10 bits per heavy atom. The third-order valence-electron chi connectivity index (χ3n) is 3.07. The van der Waals surface area contributed by atoms with E-state index in [1.807, 2.05) is 0 Å². The van der Waals surface area contributed by atoms with E-state index in [1.165, 1.54) is 12.1 Å².